The zero-order valence-electron chi connectivity index (χ0n) is 19.6. The number of aromatic amines is 1. The molecule has 10 heteroatoms. The Morgan fingerprint density at radius 2 is 2.12 bits per heavy atom. The number of carbonyl (C=O) groups excluding carboxylic acids is 1. The Bertz CT molecular complexity index is 1160. The van der Waals surface area contributed by atoms with Crippen molar-refractivity contribution in [3.63, 3.8) is 0 Å². The molecule has 1 aliphatic heterocycles. The van der Waals surface area contributed by atoms with Gasteiger partial charge in [-0.15, -0.1) is 0 Å². The van der Waals surface area contributed by atoms with Crippen LogP contribution in [0.5, 0.6) is 5.75 Å². The van der Waals surface area contributed by atoms with Crippen LogP contribution in [-0.4, -0.2) is 64.1 Å². The molecule has 8 nitrogen and oxygen atoms in total. The number of nitrogens with zero attached hydrogens (tertiary/aromatic N) is 3. The van der Waals surface area contributed by atoms with Crippen molar-refractivity contribution in [1.82, 2.24) is 25.2 Å². The number of H-pyrrole nitrogens is 1. The number of nitrogens with one attached hydrogen (secondary N) is 3. The van der Waals surface area contributed by atoms with E-state index in [0.29, 0.717) is 33.6 Å². The number of amides is 1. The van der Waals surface area contributed by atoms with Crippen LogP contribution >= 0.6 is 11.6 Å². The smallest absolute Gasteiger partial charge is 0.258 e. The first-order chi connectivity index (χ1) is 16.3. The average Bonchev–Trinajstić information content (AvgIpc) is 3.25. The molecule has 0 spiro atoms. The third kappa shape index (κ3) is 5.59. The molecule has 3 heterocycles. The van der Waals surface area contributed by atoms with Gasteiger partial charge in [0.2, 0.25) is 0 Å². The van der Waals surface area contributed by atoms with Crippen molar-refractivity contribution in [1.29, 1.82) is 0 Å². The van der Waals surface area contributed by atoms with Crippen LogP contribution in [0.2, 0.25) is 5.02 Å². The Morgan fingerprint density at radius 3 is 2.79 bits per heavy atom. The number of hydrogen-bond donors (Lipinski definition) is 3. The number of benzene rings is 1. The maximum Gasteiger partial charge on any atom is 0.258 e. The van der Waals surface area contributed by atoms with Gasteiger partial charge in [-0.2, -0.15) is 0 Å². The number of piperidine rings is 1. The number of carbonyl (C=O) groups is 1. The minimum atomic E-state index is -0.581. The van der Waals surface area contributed by atoms with Crippen LogP contribution in [0, 0.1) is 5.82 Å². The molecule has 2 aromatic heterocycles. The molecule has 1 amide bonds. The van der Waals surface area contributed by atoms with E-state index in [0.717, 1.165) is 38.2 Å². The molecule has 182 valence electrons. The fraction of sp³-hybridized carbons (Fsp3) is 0.458. The average molecular weight is 489 g/mol. The number of aromatic nitrogens is 3. The zero-order chi connectivity index (χ0) is 24.2. The van der Waals surface area contributed by atoms with Gasteiger partial charge in [0.1, 0.15) is 11.3 Å². The second-order valence-corrected chi connectivity index (χ2v) is 9.18. The number of likely N-dealkylation sites (tertiary alicyclic amines) is 1. The van der Waals surface area contributed by atoms with Crippen LogP contribution in [0.3, 0.4) is 0 Å². The number of hydrogen-bond acceptors (Lipinski definition) is 6. The van der Waals surface area contributed by atoms with E-state index >= 15 is 0 Å². The Morgan fingerprint density at radius 1 is 1.35 bits per heavy atom. The van der Waals surface area contributed by atoms with E-state index in [2.05, 4.69) is 37.4 Å². The van der Waals surface area contributed by atoms with Crippen LogP contribution in [0.1, 0.15) is 33.6 Å². The van der Waals surface area contributed by atoms with E-state index in [1.165, 1.54) is 12.1 Å². The largest absolute Gasteiger partial charge is 0.481 e. The zero-order valence-corrected chi connectivity index (χ0v) is 20.4. The van der Waals surface area contributed by atoms with Crippen molar-refractivity contribution in [3.05, 3.63) is 35.2 Å². The van der Waals surface area contributed by atoms with E-state index in [1.807, 2.05) is 13.8 Å². The van der Waals surface area contributed by atoms with Crippen molar-refractivity contribution >= 4 is 34.4 Å². The van der Waals surface area contributed by atoms with Gasteiger partial charge in [-0.1, -0.05) is 18.5 Å². The summed E-state index contributed by atoms with van der Waals surface area (Å²) in [5.74, 6) is -0.418. The SMILES string of the molecule is CCN1CCC(Nc2c(Cl)cnc3nc(-c4ccc(OCC(=O)NC(C)C)c(F)c4)[nH]c23)CC1. The third-order valence-electron chi connectivity index (χ3n) is 5.87. The molecule has 0 unspecified atom stereocenters. The van der Waals surface area contributed by atoms with Gasteiger partial charge in [0.25, 0.3) is 5.91 Å². The van der Waals surface area contributed by atoms with E-state index < -0.39 is 5.82 Å². The van der Waals surface area contributed by atoms with Gasteiger partial charge >= 0.3 is 0 Å². The number of ether oxygens (including phenoxy) is 1. The predicted molar refractivity (Wildman–Crippen MR) is 132 cm³/mol. The molecule has 4 rings (SSSR count). The van der Waals surface area contributed by atoms with Gasteiger partial charge in [-0.25, -0.2) is 14.4 Å². The first-order valence-electron chi connectivity index (χ1n) is 11.6. The Kier molecular flexibility index (Phi) is 7.53. The lowest BCUT2D eigenvalue weighted by Crippen LogP contribution is -2.38. The highest BCUT2D eigenvalue weighted by molar-refractivity contribution is 6.34. The van der Waals surface area contributed by atoms with Crippen molar-refractivity contribution in [2.24, 2.45) is 0 Å². The minimum Gasteiger partial charge on any atom is -0.481 e. The summed E-state index contributed by atoms with van der Waals surface area (Å²) in [6.45, 7) is 8.75. The molecule has 0 bridgehead atoms. The van der Waals surface area contributed by atoms with Gasteiger partial charge in [-0.05, 0) is 51.4 Å². The predicted octanol–water partition coefficient (Wildman–Crippen LogP) is 4.22. The van der Waals surface area contributed by atoms with E-state index in [4.69, 9.17) is 16.3 Å². The van der Waals surface area contributed by atoms with Crippen LogP contribution in [0.25, 0.3) is 22.6 Å². The Hall–Kier alpha value is -2.91. The highest BCUT2D eigenvalue weighted by Crippen LogP contribution is 2.33. The number of anilines is 1. The molecule has 34 heavy (non-hydrogen) atoms. The van der Waals surface area contributed by atoms with E-state index in [-0.39, 0.29) is 24.3 Å². The number of rotatable bonds is 8. The standard InChI is InChI=1S/C24H30ClFN6O2/c1-4-32-9-7-16(8-10-32)29-21-17(25)12-27-24-22(21)30-23(31-24)15-5-6-19(18(26)11-15)34-13-20(33)28-14(2)3/h5-6,11-12,14,16H,4,7-10,13H2,1-3H3,(H,28,33)(H2,27,29,30,31). The van der Waals surface area contributed by atoms with E-state index in [9.17, 15) is 9.18 Å². The summed E-state index contributed by atoms with van der Waals surface area (Å²) in [5.41, 5.74) is 2.48. The monoisotopic (exact) mass is 488 g/mol. The summed E-state index contributed by atoms with van der Waals surface area (Å²) in [5, 5.41) is 6.77. The molecular formula is C24H30ClFN6O2. The lowest BCUT2D eigenvalue weighted by atomic mass is 10.0. The van der Waals surface area contributed by atoms with Gasteiger partial charge in [0, 0.05) is 30.7 Å². The van der Waals surface area contributed by atoms with Crippen LogP contribution < -0.4 is 15.4 Å². The van der Waals surface area contributed by atoms with Crippen molar-refractivity contribution < 1.29 is 13.9 Å². The van der Waals surface area contributed by atoms with Gasteiger partial charge in [0.05, 0.1) is 16.9 Å². The highest BCUT2D eigenvalue weighted by atomic mass is 35.5. The first-order valence-corrected chi connectivity index (χ1v) is 12.0. The van der Waals surface area contributed by atoms with Gasteiger partial charge < -0.3 is 25.3 Å². The van der Waals surface area contributed by atoms with Crippen LogP contribution in [-0.2, 0) is 4.79 Å². The second-order valence-electron chi connectivity index (χ2n) is 8.77. The fourth-order valence-corrected chi connectivity index (χ4v) is 4.28. The molecule has 1 saturated heterocycles. The molecule has 1 aliphatic rings. The molecule has 0 saturated carbocycles. The molecule has 3 aromatic rings. The molecular weight excluding hydrogens is 459 g/mol. The summed E-state index contributed by atoms with van der Waals surface area (Å²) >= 11 is 6.48. The second kappa shape index (κ2) is 10.6. The minimum absolute atomic E-state index is 0.000661. The van der Waals surface area contributed by atoms with Crippen LogP contribution in [0.15, 0.2) is 24.4 Å². The molecule has 1 aromatic carbocycles. The van der Waals surface area contributed by atoms with Crippen molar-refractivity contribution in [2.45, 2.75) is 45.7 Å². The normalized spacial score (nSPS) is 15.1. The first kappa shape index (κ1) is 24.2. The molecule has 0 atom stereocenters. The number of imidazole rings is 1. The summed E-state index contributed by atoms with van der Waals surface area (Å²) in [6.07, 6.45) is 3.63. The van der Waals surface area contributed by atoms with Gasteiger partial charge in [0.15, 0.2) is 23.8 Å². The quantitative estimate of drug-likeness (QED) is 0.439. The fourth-order valence-electron chi connectivity index (χ4n) is 4.08. The topological polar surface area (TPSA) is 95.2 Å². The highest BCUT2D eigenvalue weighted by Gasteiger charge is 2.21. The third-order valence-corrected chi connectivity index (χ3v) is 6.16. The maximum absolute atomic E-state index is 14.7. The summed E-state index contributed by atoms with van der Waals surface area (Å²) < 4.78 is 20.0. The van der Waals surface area contributed by atoms with E-state index in [1.54, 1.807) is 12.3 Å². The Balaban J connectivity index is 1.52. The maximum atomic E-state index is 14.7. The molecule has 1 fully saturated rings. The molecule has 3 N–H and O–H groups in total. The number of fused-ring (bicyclic) bond motifs is 1. The molecule has 0 aliphatic carbocycles. The van der Waals surface area contributed by atoms with Crippen LogP contribution in [0.4, 0.5) is 10.1 Å². The van der Waals surface area contributed by atoms with Crippen molar-refractivity contribution in [2.75, 3.05) is 31.6 Å². The van der Waals surface area contributed by atoms with Crippen molar-refractivity contribution in [3.8, 4) is 17.1 Å². The number of halogens is 2. The summed E-state index contributed by atoms with van der Waals surface area (Å²) in [7, 11) is 0. The lowest BCUT2D eigenvalue weighted by Gasteiger charge is -2.32. The summed E-state index contributed by atoms with van der Waals surface area (Å²) in [4.78, 5) is 26.3. The molecule has 0 radical (unpaired) electrons. The lowest BCUT2D eigenvalue weighted by molar-refractivity contribution is -0.123. The van der Waals surface area contributed by atoms with Gasteiger partial charge in [-0.3, -0.25) is 4.79 Å². The number of pyridine rings is 1. The Labute approximate surface area is 203 Å². The summed E-state index contributed by atoms with van der Waals surface area (Å²) in [6, 6.07) is 4.79.